The first kappa shape index (κ1) is 13.9. The minimum Gasteiger partial charge on any atom is -0.480 e. The van der Waals surface area contributed by atoms with Crippen LogP contribution in [0.15, 0.2) is 18.2 Å². The van der Waals surface area contributed by atoms with Crippen molar-refractivity contribution >= 4 is 5.97 Å². The Morgan fingerprint density at radius 1 is 1.26 bits per heavy atom. The third-order valence-electron chi connectivity index (χ3n) is 3.86. The summed E-state index contributed by atoms with van der Waals surface area (Å²) in [6.45, 7) is 2.61. The van der Waals surface area contributed by atoms with Crippen LogP contribution in [0.2, 0.25) is 0 Å². The molecule has 1 aliphatic heterocycles. The summed E-state index contributed by atoms with van der Waals surface area (Å²) in [4.78, 5) is 13.4. The zero-order chi connectivity index (χ0) is 14.0. The van der Waals surface area contributed by atoms with Crippen molar-refractivity contribution in [1.82, 2.24) is 4.90 Å². The molecule has 0 aliphatic carbocycles. The van der Waals surface area contributed by atoms with Gasteiger partial charge in [0.25, 0.3) is 0 Å². The van der Waals surface area contributed by atoms with Crippen LogP contribution in [-0.2, 0) is 10.3 Å². The molecular formula is C14H17F2NO2. The summed E-state index contributed by atoms with van der Waals surface area (Å²) in [5.74, 6) is -2.46. The van der Waals surface area contributed by atoms with E-state index in [2.05, 4.69) is 0 Å². The average Bonchev–Trinajstić information content (AvgIpc) is 2.41. The van der Waals surface area contributed by atoms with Crippen LogP contribution in [0.4, 0.5) is 8.78 Å². The molecule has 1 aromatic carbocycles. The van der Waals surface area contributed by atoms with E-state index in [1.165, 1.54) is 6.92 Å². The lowest BCUT2D eigenvalue weighted by Crippen LogP contribution is -2.52. The fourth-order valence-corrected chi connectivity index (χ4v) is 2.63. The van der Waals surface area contributed by atoms with Crippen molar-refractivity contribution in [2.24, 2.45) is 0 Å². The van der Waals surface area contributed by atoms with Crippen molar-refractivity contribution in [3.05, 3.63) is 35.4 Å². The number of nitrogens with zero attached hydrogens (tertiary/aromatic N) is 1. The monoisotopic (exact) mass is 269 g/mol. The fourth-order valence-electron chi connectivity index (χ4n) is 2.63. The van der Waals surface area contributed by atoms with Crippen molar-refractivity contribution in [3.63, 3.8) is 0 Å². The van der Waals surface area contributed by atoms with Gasteiger partial charge in [-0.25, -0.2) is 13.6 Å². The van der Waals surface area contributed by atoms with E-state index in [4.69, 9.17) is 0 Å². The van der Waals surface area contributed by atoms with Crippen molar-refractivity contribution < 1.29 is 18.7 Å². The predicted molar refractivity (Wildman–Crippen MR) is 66.8 cm³/mol. The van der Waals surface area contributed by atoms with Crippen molar-refractivity contribution in [2.75, 3.05) is 13.1 Å². The smallest absolute Gasteiger partial charge is 0.328 e. The minimum atomic E-state index is -1.52. The van der Waals surface area contributed by atoms with Crippen LogP contribution in [0.1, 0.15) is 31.7 Å². The molecule has 1 atom stereocenters. The number of hydrogen-bond acceptors (Lipinski definition) is 2. The standard InChI is InChI=1S/C14H17F2NO2/c1-14(13(18)19,17-7-3-2-4-8-17)11-9-10(15)5-6-12(11)16/h5-6,9H,2-4,7-8H2,1H3,(H,18,19). The van der Waals surface area contributed by atoms with Crippen LogP contribution in [0, 0.1) is 11.6 Å². The summed E-state index contributed by atoms with van der Waals surface area (Å²) in [5, 5.41) is 9.52. The van der Waals surface area contributed by atoms with Gasteiger partial charge in [0.2, 0.25) is 0 Å². The Morgan fingerprint density at radius 3 is 2.47 bits per heavy atom. The molecule has 0 spiro atoms. The van der Waals surface area contributed by atoms with Gasteiger partial charge in [0, 0.05) is 5.56 Å². The fraction of sp³-hybridized carbons (Fsp3) is 0.500. The summed E-state index contributed by atoms with van der Waals surface area (Å²) < 4.78 is 27.3. The Hall–Kier alpha value is -1.49. The van der Waals surface area contributed by atoms with Gasteiger partial charge >= 0.3 is 5.97 Å². The van der Waals surface area contributed by atoms with Crippen molar-refractivity contribution in [1.29, 1.82) is 0 Å². The van der Waals surface area contributed by atoms with Gasteiger partial charge in [0.15, 0.2) is 0 Å². The molecule has 5 heteroatoms. The van der Waals surface area contributed by atoms with Crippen molar-refractivity contribution in [3.8, 4) is 0 Å². The topological polar surface area (TPSA) is 40.5 Å². The zero-order valence-electron chi connectivity index (χ0n) is 10.8. The van der Waals surface area contributed by atoms with Gasteiger partial charge in [-0.2, -0.15) is 0 Å². The highest BCUT2D eigenvalue weighted by Gasteiger charge is 2.43. The molecule has 0 radical (unpaired) electrons. The second-order valence-electron chi connectivity index (χ2n) is 5.05. The van der Waals surface area contributed by atoms with Gasteiger partial charge in [-0.1, -0.05) is 6.42 Å². The summed E-state index contributed by atoms with van der Waals surface area (Å²) in [6.07, 6.45) is 2.79. The minimum absolute atomic E-state index is 0.109. The first-order chi connectivity index (χ1) is 8.96. The average molecular weight is 269 g/mol. The molecule has 19 heavy (non-hydrogen) atoms. The van der Waals surface area contributed by atoms with Crippen molar-refractivity contribution in [2.45, 2.75) is 31.7 Å². The third kappa shape index (κ3) is 2.47. The normalized spacial score (nSPS) is 19.9. The number of carboxylic acid groups (broad SMARTS) is 1. The van der Waals surface area contributed by atoms with E-state index < -0.39 is 23.1 Å². The number of hydrogen-bond donors (Lipinski definition) is 1. The van der Waals surface area contributed by atoms with Crippen LogP contribution in [0.3, 0.4) is 0 Å². The Morgan fingerprint density at radius 2 is 1.89 bits per heavy atom. The molecule has 1 heterocycles. The largest absolute Gasteiger partial charge is 0.480 e. The van der Waals surface area contributed by atoms with E-state index in [1.54, 1.807) is 4.90 Å². The van der Waals surface area contributed by atoms with Gasteiger partial charge in [-0.05, 0) is 51.1 Å². The number of carbonyl (C=O) groups is 1. The first-order valence-corrected chi connectivity index (χ1v) is 6.40. The van der Waals surface area contributed by atoms with Crippen LogP contribution in [0.5, 0.6) is 0 Å². The highest BCUT2D eigenvalue weighted by molar-refractivity contribution is 5.80. The number of aliphatic carboxylic acids is 1. The SMILES string of the molecule is CC(C(=O)O)(c1cc(F)ccc1F)N1CCCCC1. The van der Waals surface area contributed by atoms with Crippen LogP contribution in [0.25, 0.3) is 0 Å². The van der Waals surface area contributed by atoms with Gasteiger partial charge in [-0.3, -0.25) is 4.90 Å². The van der Waals surface area contributed by atoms with Gasteiger partial charge in [0.05, 0.1) is 0 Å². The summed E-state index contributed by atoms with van der Waals surface area (Å²) >= 11 is 0. The summed E-state index contributed by atoms with van der Waals surface area (Å²) in [6, 6.07) is 2.96. The Bertz CT molecular complexity index is 486. The Labute approximate surface area is 110 Å². The molecule has 3 nitrogen and oxygen atoms in total. The molecule has 2 rings (SSSR count). The molecule has 0 bridgehead atoms. The van der Waals surface area contributed by atoms with E-state index in [9.17, 15) is 18.7 Å². The van der Waals surface area contributed by atoms with Crippen LogP contribution < -0.4 is 0 Å². The molecule has 1 unspecified atom stereocenters. The molecular weight excluding hydrogens is 252 g/mol. The number of piperidine rings is 1. The maximum atomic E-state index is 13.9. The Balaban J connectivity index is 2.48. The van der Waals surface area contributed by atoms with Gasteiger partial charge < -0.3 is 5.11 Å². The molecule has 0 saturated carbocycles. The van der Waals surface area contributed by atoms with Crippen LogP contribution in [-0.4, -0.2) is 29.1 Å². The first-order valence-electron chi connectivity index (χ1n) is 6.40. The van der Waals surface area contributed by atoms with E-state index in [0.29, 0.717) is 13.1 Å². The molecule has 1 aromatic rings. The molecule has 0 aromatic heterocycles. The predicted octanol–water partition coefficient (Wildman–Crippen LogP) is 2.75. The van der Waals surface area contributed by atoms with Gasteiger partial charge in [-0.15, -0.1) is 0 Å². The molecule has 1 saturated heterocycles. The molecule has 1 aliphatic rings. The number of carboxylic acids is 1. The summed E-state index contributed by atoms with van der Waals surface area (Å²) in [5.41, 5.74) is -1.63. The molecule has 0 amide bonds. The lowest BCUT2D eigenvalue weighted by Gasteiger charge is -2.40. The molecule has 1 fully saturated rings. The lowest BCUT2D eigenvalue weighted by molar-refractivity contribution is -0.152. The lowest BCUT2D eigenvalue weighted by atomic mass is 9.87. The quantitative estimate of drug-likeness (QED) is 0.917. The molecule has 1 N–H and O–H groups in total. The second kappa shape index (κ2) is 5.25. The van der Waals surface area contributed by atoms with Gasteiger partial charge in [0.1, 0.15) is 17.2 Å². The maximum Gasteiger partial charge on any atom is 0.328 e. The number of halogens is 2. The highest BCUT2D eigenvalue weighted by Crippen LogP contribution is 2.33. The highest BCUT2D eigenvalue weighted by atomic mass is 19.1. The van der Waals surface area contributed by atoms with E-state index >= 15 is 0 Å². The second-order valence-corrected chi connectivity index (χ2v) is 5.05. The number of benzene rings is 1. The van der Waals surface area contributed by atoms with Crippen LogP contribution >= 0.6 is 0 Å². The Kier molecular flexibility index (Phi) is 3.85. The van der Waals surface area contributed by atoms with E-state index in [0.717, 1.165) is 37.5 Å². The zero-order valence-corrected chi connectivity index (χ0v) is 10.8. The maximum absolute atomic E-state index is 13.9. The molecule has 104 valence electrons. The number of likely N-dealkylation sites (tertiary alicyclic amines) is 1. The summed E-state index contributed by atoms with van der Waals surface area (Å²) in [7, 11) is 0. The van der Waals surface area contributed by atoms with E-state index in [1.807, 2.05) is 0 Å². The van der Waals surface area contributed by atoms with E-state index in [-0.39, 0.29) is 5.56 Å². The third-order valence-corrected chi connectivity index (χ3v) is 3.86. The number of rotatable bonds is 3.